The Morgan fingerprint density at radius 3 is 2.44 bits per heavy atom. The minimum Gasteiger partial charge on any atom is -0.338 e. The van der Waals surface area contributed by atoms with Crippen LogP contribution in [0.25, 0.3) is 17.8 Å². The van der Waals surface area contributed by atoms with Crippen LogP contribution in [0.1, 0.15) is 24.0 Å². The van der Waals surface area contributed by atoms with Crippen molar-refractivity contribution in [2.45, 2.75) is 19.4 Å². The molecule has 2 N–H and O–H groups in total. The summed E-state index contributed by atoms with van der Waals surface area (Å²) < 4.78 is 0. The highest BCUT2D eigenvalue weighted by molar-refractivity contribution is 5.59. The van der Waals surface area contributed by atoms with Gasteiger partial charge in [-0.3, -0.25) is 15.6 Å². The minimum atomic E-state index is 0.395. The first-order valence-electron chi connectivity index (χ1n) is 9.41. The van der Waals surface area contributed by atoms with E-state index in [-0.39, 0.29) is 0 Å². The summed E-state index contributed by atoms with van der Waals surface area (Å²) in [6.07, 6.45) is 10.3. The Balaban J connectivity index is 1.36. The molecule has 1 saturated heterocycles. The van der Waals surface area contributed by atoms with Crippen LogP contribution in [0.15, 0.2) is 37.2 Å². The summed E-state index contributed by atoms with van der Waals surface area (Å²) in [6.45, 7) is 8.47. The Bertz CT molecular complexity index is 930. The van der Waals surface area contributed by atoms with Crippen molar-refractivity contribution < 1.29 is 5.21 Å². The number of nitrogens with zero attached hydrogens (tertiary/aromatic N) is 4. The number of piperazine rings is 1. The molecule has 2 heterocycles. The van der Waals surface area contributed by atoms with Gasteiger partial charge in [-0.25, -0.2) is 9.97 Å². The molecule has 6 heteroatoms. The predicted molar refractivity (Wildman–Crippen MR) is 107 cm³/mol. The fraction of sp³-hybridized carbons (Fsp3) is 0.333. The molecule has 0 bridgehead atoms. The molecule has 1 aliphatic heterocycles. The van der Waals surface area contributed by atoms with E-state index in [0.717, 1.165) is 51.5 Å². The average Bonchev–Trinajstić information content (AvgIpc) is 2.74. The summed E-state index contributed by atoms with van der Waals surface area (Å²) in [5.41, 5.74) is 4.48. The lowest BCUT2D eigenvalue weighted by Crippen LogP contribution is -2.46. The molecule has 27 heavy (non-hydrogen) atoms. The molecule has 1 aliphatic carbocycles. The Morgan fingerprint density at radius 1 is 1.04 bits per heavy atom. The summed E-state index contributed by atoms with van der Waals surface area (Å²) in [7, 11) is 0. The number of anilines is 1. The van der Waals surface area contributed by atoms with Gasteiger partial charge in [0, 0.05) is 50.7 Å². The number of hydrogen-bond acceptors (Lipinski definition) is 6. The number of aromatic nitrogens is 2. The molecule has 0 atom stereocenters. The third-order valence-corrected chi connectivity index (χ3v) is 5.23. The predicted octanol–water partition coefficient (Wildman–Crippen LogP) is 1.10. The first-order chi connectivity index (χ1) is 13.2. The van der Waals surface area contributed by atoms with Gasteiger partial charge in [0.15, 0.2) is 0 Å². The van der Waals surface area contributed by atoms with E-state index in [2.05, 4.69) is 56.7 Å². The second kappa shape index (κ2) is 7.90. The molecule has 0 spiro atoms. The maximum Gasteiger partial charge on any atom is 0.225 e. The third-order valence-electron chi connectivity index (χ3n) is 5.23. The quantitative estimate of drug-likeness (QED) is 0.776. The van der Waals surface area contributed by atoms with Crippen molar-refractivity contribution >= 4 is 23.8 Å². The Hall–Kier alpha value is -2.70. The molecule has 6 nitrogen and oxygen atoms in total. The summed E-state index contributed by atoms with van der Waals surface area (Å²) in [5.74, 6) is 0.725. The fourth-order valence-electron chi connectivity index (χ4n) is 3.63. The molecule has 0 unspecified atom stereocenters. The van der Waals surface area contributed by atoms with Crippen LogP contribution in [-0.2, 0) is 6.54 Å². The van der Waals surface area contributed by atoms with Crippen molar-refractivity contribution in [1.29, 1.82) is 0 Å². The van der Waals surface area contributed by atoms with Gasteiger partial charge in [0.2, 0.25) is 5.95 Å². The molecule has 2 aromatic rings. The normalized spacial score (nSPS) is 16.9. The lowest BCUT2D eigenvalue weighted by atomic mass is 10.0. The number of nitrogens with one attached hydrogen (secondary N) is 1. The molecule has 4 rings (SSSR count). The summed E-state index contributed by atoms with van der Waals surface area (Å²) in [6, 6.07) is 6.84. The average molecular weight is 363 g/mol. The van der Waals surface area contributed by atoms with Crippen LogP contribution in [-0.4, -0.2) is 46.3 Å². The monoisotopic (exact) mass is 363 g/mol. The van der Waals surface area contributed by atoms with E-state index in [9.17, 15) is 0 Å². The van der Waals surface area contributed by atoms with Crippen LogP contribution in [0, 0.1) is 0 Å². The highest BCUT2D eigenvalue weighted by Crippen LogP contribution is 2.14. The molecule has 1 aromatic carbocycles. The van der Waals surface area contributed by atoms with E-state index in [1.54, 1.807) is 12.4 Å². The summed E-state index contributed by atoms with van der Waals surface area (Å²) in [4.78, 5) is 13.5. The standard InChI is InChI=1S/C21H25N5O/c1-16(24-27)20-13-22-21(23-14-20)26-10-8-25(9-11-26)15-17-6-7-18-4-2-3-5-19(18)12-17/h4-7,12-14,24,27H,1-3,8-11,15H2. The fourth-order valence-corrected chi connectivity index (χ4v) is 3.63. The van der Waals surface area contributed by atoms with Gasteiger partial charge in [0.1, 0.15) is 0 Å². The van der Waals surface area contributed by atoms with Gasteiger partial charge < -0.3 is 4.90 Å². The van der Waals surface area contributed by atoms with E-state index in [1.165, 1.54) is 16.0 Å². The van der Waals surface area contributed by atoms with Gasteiger partial charge >= 0.3 is 0 Å². The molecule has 0 amide bonds. The van der Waals surface area contributed by atoms with Crippen LogP contribution >= 0.6 is 0 Å². The maximum atomic E-state index is 8.90. The van der Waals surface area contributed by atoms with Gasteiger partial charge in [0.05, 0.1) is 5.70 Å². The first kappa shape index (κ1) is 17.7. The molecule has 0 radical (unpaired) electrons. The summed E-state index contributed by atoms with van der Waals surface area (Å²) >= 11 is 0. The second-order valence-corrected chi connectivity index (χ2v) is 7.07. The summed E-state index contributed by atoms with van der Waals surface area (Å²) in [5, 5.41) is 11.6. The van der Waals surface area contributed by atoms with Gasteiger partial charge in [-0.15, -0.1) is 0 Å². The van der Waals surface area contributed by atoms with Crippen LogP contribution < -0.4 is 20.8 Å². The lowest BCUT2D eigenvalue weighted by Gasteiger charge is -2.34. The molecule has 1 fully saturated rings. The maximum absolute atomic E-state index is 8.90. The topological polar surface area (TPSA) is 64.5 Å². The van der Waals surface area contributed by atoms with Crippen molar-refractivity contribution in [2.24, 2.45) is 0 Å². The van der Waals surface area contributed by atoms with Gasteiger partial charge in [-0.2, -0.15) is 0 Å². The van der Waals surface area contributed by atoms with Gasteiger partial charge in [0.25, 0.3) is 0 Å². The second-order valence-electron chi connectivity index (χ2n) is 7.07. The number of rotatable bonds is 5. The van der Waals surface area contributed by atoms with Gasteiger partial charge in [-0.05, 0) is 28.8 Å². The van der Waals surface area contributed by atoms with E-state index < -0.39 is 0 Å². The molecule has 140 valence electrons. The minimum absolute atomic E-state index is 0.395. The van der Waals surface area contributed by atoms with Crippen molar-refractivity contribution in [1.82, 2.24) is 20.3 Å². The zero-order valence-corrected chi connectivity index (χ0v) is 15.4. The largest absolute Gasteiger partial charge is 0.338 e. The Labute approximate surface area is 159 Å². The van der Waals surface area contributed by atoms with Crippen molar-refractivity contribution in [3.63, 3.8) is 0 Å². The van der Waals surface area contributed by atoms with Crippen LogP contribution in [0.5, 0.6) is 0 Å². The van der Waals surface area contributed by atoms with Crippen molar-refractivity contribution in [3.8, 4) is 0 Å². The van der Waals surface area contributed by atoms with E-state index >= 15 is 0 Å². The molecule has 2 aliphatic rings. The number of hydroxylamine groups is 1. The van der Waals surface area contributed by atoms with E-state index in [4.69, 9.17) is 5.21 Å². The van der Waals surface area contributed by atoms with Crippen molar-refractivity contribution in [2.75, 3.05) is 31.1 Å². The van der Waals surface area contributed by atoms with Crippen molar-refractivity contribution in [3.05, 3.63) is 58.7 Å². The zero-order valence-electron chi connectivity index (χ0n) is 15.4. The van der Waals surface area contributed by atoms with Crippen LogP contribution in [0.3, 0.4) is 0 Å². The highest BCUT2D eigenvalue weighted by Gasteiger charge is 2.19. The number of benzene rings is 1. The van der Waals surface area contributed by atoms with Crippen LogP contribution in [0.4, 0.5) is 5.95 Å². The molecular formula is C21H25N5O. The molecule has 1 aromatic heterocycles. The Kier molecular flexibility index (Phi) is 5.18. The Morgan fingerprint density at radius 2 is 1.74 bits per heavy atom. The smallest absolute Gasteiger partial charge is 0.225 e. The van der Waals surface area contributed by atoms with E-state index in [0.29, 0.717) is 11.3 Å². The number of fused-ring (bicyclic) bond motifs is 1. The number of hydrogen-bond donors (Lipinski definition) is 2. The van der Waals surface area contributed by atoms with Gasteiger partial charge in [-0.1, -0.05) is 36.9 Å². The van der Waals surface area contributed by atoms with E-state index in [1.807, 2.05) is 5.48 Å². The third kappa shape index (κ3) is 4.02. The zero-order chi connectivity index (χ0) is 18.6. The highest BCUT2D eigenvalue weighted by atomic mass is 16.5. The molecule has 0 saturated carbocycles. The molecular weight excluding hydrogens is 338 g/mol. The van der Waals surface area contributed by atoms with Crippen LogP contribution in [0.2, 0.25) is 0 Å². The first-order valence-corrected chi connectivity index (χ1v) is 9.41. The SMILES string of the molecule is C=C(NO)c1cnc(N2CCN(Cc3ccc4c(c3)=CCCC=4)CC2)nc1. The lowest BCUT2D eigenvalue weighted by molar-refractivity contribution is 0.225.